The standard InChI is InChI=1S/C19H23N3O3/c1-19(13-24-14-19)18(23)22-9-7-21(8-10-22)12-17-20-11-16(25-17)15-5-3-2-4-6-15/h2-6,11H,7-10,12-14H2,1H3. The highest BCUT2D eigenvalue weighted by atomic mass is 16.5. The average Bonchev–Trinajstić information content (AvgIpc) is 3.09. The number of piperazine rings is 1. The van der Waals surface area contributed by atoms with Gasteiger partial charge in [0.2, 0.25) is 11.8 Å². The second kappa shape index (κ2) is 6.61. The molecule has 0 aliphatic carbocycles. The van der Waals surface area contributed by atoms with Crippen molar-refractivity contribution in [3.8, 4) is 11.3 Å². The minimum absolute atomic E-state index is 0.223. The van der Waals surface area contributed by atoms with E-state index in [1.165, 1.54) is 0 Å². The molecule has 4 rings (SSSR count). The van der Waals surface area contributed by atoms with Gasteiger partial charge in [-0.15, -0.1) is 0 Å². The molecule has 1 aromatic heterocycles. The van der Waals surface area contributed by atoms with Crippen LogP contribution in [-0.2, 0) is 16.1 Å². The first kappa shape index (κ1) is 16.3. The molecule has 0 bridgehead atoms. The van der Waals surface area contributed by atoms with Gasteiger partial charge in [-0.3, -0.25) is 9.69 Å². The number of amides is 1. The number of oxazole rings is 1. The van der Waals surface area contributed by atoms with Crippen LogP contribution in [-0.4, -0.2) is 60.1 Å². The Bertz CT molecular complexity index is 731. The third-order valence-corrected chi connectivity index (χ3v) is 4.99. The van der Waals surface area contributed by atoms with E-state index in [2.05, 4.69) is 9.88 Å². The third kappa shape index (κ3) is 3.32. The summed E-state index contributed by atoms with van der Waals surface area (Å²) in [6, 6.07) is 9.99. The molecule has 0 N–H and O–H groups in total. The fourth-order valence-corrected chi connectivity index (χ4v) is 3.33. The molecule has 0 saturated carbocycles. The van der Waals surface area contributed by atoms with Crippen LogP contribution in [0.25, 0.3) is 11.3 Å². The maximum Gasteiger partial charge on any atom is 0.233 e. The second-order valence-electron chi connectivity index (χ2n) is 7.11. The van der Waals surface area contributed by atoms with Crippen molar-refractivity contribution in [2.45, 2.75) is 13.5 Å². The maximum absolute atomic E-state index is 12.5. The van der Waals surface area contributed by atoms with Gasteiger partial charge in [0, 0.05) is 31.7 Å². The predicted molar refractivity (Wildman–Crippen MR) is 92.7 cm³/mol. The van der Waals surface area contributed by atoms with Gasteiger partial charge in [-0.2, -0.15) is 0 Å². The molecule has 2 saturated heterocycles. The van der Waals surface area contributed by atoms with Crippen molar-refractivity contribution in [1.82, 2.24) is 14.8 Å². The van der Waals surface area contributed by atoms with Crippen LogP contribution in [0.3, 0.4) is 0 Å². The van der Waals surface area contributed by atoms with Crippen LogP contribution in [0.1, 0.15) is 12.8 Å². The van der Waals surface area contributed by atoms with Gasteiger partial charge >= 0.3 is 0 Å². The van der Waals surface area contributed by atoms with E-state index in [4.69, 9.17) is 9.15 Å². The highest BCUT2D eigenvalue weighted by Gasteiger charge is 2.44. The summed E-state index contributed by atoms with van der Waals surface area (Å²) in [6.07, 6.45) is 1.78. The molecule has 2 aliphatic rings. The highest BCUT2D eigenvalue weighted by molar-refractivity contribution is 5.83. The van der Waals surface area contributed by atoms with E-state index in [0.29, 0.717) is 19.8 Å². The Balaban J connectivity index is 1.32. The monoisotopic (exact) mass is 341 g/mol. The summed E-state index contributed by atoms with van der Waals surface area (Å²) in [4.78, 5) is 21.2. The van der Waals surface area contributed by atoms with Crippen LogP contribution in [0.15, 0.2) is 40.9 Å². The molecule has 0 spiro atoms. The van der Waals surface area contributed by atoms with E-state index in [-0.39, 0.29) is 11.3 Å². The topological polar surface area (TPSA) is 58.8 Å². The van der Waals surface area contributed by atoms with Crippen LogP contribution in [0.4, 0.5) is 0 Å². The number of nitrogens with zero attached hydrogens (tertiary/aromatic N) is 3. The Morgan fingerprint density at radius 1 is 1.16 bits per heavy atom. The SMILES string of the molecule is CC1(C(=O)N2CCN(Cc3ncc(-c4ccccc4)o3)CC2)COC1. The molecule has 132 valence electrons. The Hall–Kier alpha value is -2.18. The van der Waals surface area contributed by atoms with E-state index < -0.39 is 0 Å². The molecule has 6 nitrogen and oxygen atoms in total. The van der Waals surface area contributed by atoms with Crippen molar-refractivity contribution < 1.29 is 13.9 Å². The largest absolute Gasteiger partial charge is 0.439 e. The van der Waals surface area contributed by atoms with E-state index in [9.17, 15) is 4.79 Å². The molecule has 2 fully saturated rings. The van der Waals surface area contributed by atoms with Gasteiger partial charge in [0.15, 0.2) is 5.76 Å². The first-order valence-corrected chi connectivity index (χ1v) is 8.74. The number of hydrogen-bond acceptors (Lipinski definition) is 5. The fraction of sp³-hybridized carbons (Fsp3) is 0.474. The lowest BCUT2D eigenvalue weighted by molar-refractivity contribution is -0.170. The molecule has 0 radical (unpaired) electrons. The first-order chi connectivity index (χ1) is 12.1. The molecule has 3 heterocycles. The zero-order valence-corrected chi connectivity index (χ0v) is 14.5. The molecule has 2 aliphatic heterocycles. The molecule has 0 atom stereocenters. The number of rotatable bonds is 4. The van der Waals surface area contributed by atoms with Crippen LogP contribution >= 0.6 is 0 Å². The quantitative estimate of drug-likeness (QED) is 0.851. The van der Waals surface area contributed by atoms with Crippen LogP contribution < -0.4 is 0 Å². The summed E-state index contributed by atoms with van der Waals surface area (Å²) in [7, 11) is 0. The lowest BCUT2D eigenvalue weighted by atomic mass is 9.86. The maximum atomic E-state index is 12.5. The van der Waals surface area contributed by atoms with Crippen molar-refractivity contribution in [2.24, 2.45) is 5.41 Å². The van der Waals surface area contributed by atoms with Crippen LogP contribution in [0.2, 0.25) is 0 Å². The van der Waals surface area contributed by atoms with Crippen molar-refractivity contribution >= 4 is 5.91 Å². The molecule has 2 aromatic rings. The summed E-state index contributed by atoms with van der Waals surface area (Å²) >= 11 is 0. The summed E-state index contributed by atoms with van der Waals surface area (Å²) in [5.74, 6) is 1.74. The van der Waals surface area contributed by atoms with Crippen LogP contribution in [0, 0.1) is 5.41 Å². The summed E-state index contributed by atoms with van der Waals surface area (Å²) < 4.78 is 11.1. The Morgan fingerprint density at radius 2 is 1.88 bits per heavy atom. The van der Waals surface area contributed by atoms with Gasteiger partial charge in [-0.1, -0.05) is 30.3 Å². The zero-order chi connectivity index (χ0) is 17.3. The fourth-order valence-electron chi connectivity index (χ4n) is 3.33. The lowest BCUT2D eigenvalue weighted by Gasteiger charge is -2.43. The number of carbonyl (C=O) groups is 1. The van der Waals surface area contributed by atoms with Crippen molar-refractivity contribution in [1.29, 1.82) is 0 Å². The van der Waals surface area contributed by atoms with E-state index in [0.717, 1.165) is 43.4 Å². The first-order valence-electron chi connectivity index (χ1n) is 8.74. The van der Waals surface area contributed by atoms with Gasteiger partial charge in [-0.25, -0.2) is 4.98 Å². The minimum atomic E-state index is -0.310. The number of carbonyl (C=O) groups excluding carboxylic acids is 1. The summed E-state index contributed by atoms with van der Waals surface area (Å²) in [6.45, 7) is 6.94. The molecule has 25 heavy (non-hydrogen) atoms. The van der Waals surface area contributed by atoms with E-state index in [1.807, 2.05) is 42.2 Å². The summed E-state index contributed by atoms with van der Waals surface area (Å²) in [5, 5.41) is 0. The molecule has 6 heteroatoms. The van der Waals surface area contributed by atoms with Crippen molar-refractivity contribution in [3.05, 3.63) is 42.4 Å². The minimum Gasteiger partial charge on any atom is -0.439 e. The third-order valence-electron chi connectivity index (χ3n) is 4.99. The van der Waals surface area contributed by atoms with Crippen molar-refractivity contribution in [3.63, 3.8) is 0 Å². The second-order valence-corrected chi connectivity index (χ2v) is 7.11. The highest BCUT2D eigenvalue weighted by Crippen LogP contribution is 2.29. The average molecular weight is 341 g/mol. The lowest BCUT2D eigenvalue weighted by Crippen LogP contribution is -2.57. The van der Waals surface area contributed by atoms with Crippen LogP contribution in [0.5, 0.6) is 0 Å². The van der Waals surface area contributed by atoms with Gasteiger partial charge in [0.1, 0.15) is 0 Å². The zero-order valence-electron chi connectivity index (χ0n) is 14.5. The van der Waals surface area contributed by atoms with E-state index in [1.54, 1.807) is 6.20 Å². The molecule has 0 unspecified atom stereocenters. The van der Waals surface area contributed by atoms with Gasteiger partial charge in [0.25, 0.3) is 0 Å². The Morgan fingerprint density at radius 3 is 2.52 bits per heavy atom. The van der Waals surface area contributed by atoms with Gasteiger partial charge in [-0.05, 0) is 6.92 Å². The normalized spacial score (nSPS) is 20.3. The number of ether oxygens (including phenoxy) is 1. The van der Waals surface area contributed by atoms with E-state index >= 15 is 0 Å². The number of aromatic nitrogens is 1. The molecule has 1 amide bonds. The number of hydrogen-bond donors (Lipinski definition) is 0. The number of benzene rings is 1. The van der Waals surface area contributed by atoms with Gasteiger partial charge in [0.05, 0.1) is 31.4 Å². The molecular weight excluding hydrogens is 318 g/mol. The molecule has 1 aromatic carbocycles. The Labute approximate surface area is 147 Å². The Kier molecular flexibility index (Phi) is 4.31. The van der Waals surface area contributed by atoms with Crippen molar-refractivity contribution in [2.75, 3.05) is 39.4 Å². The summed E-state index contributed by atoms with van der Waals surface area (Å²) in [5.41, 5.74) is 0.725. The predicted octanol–water partition coefficient (Wildman–Crippen LogP) is 2.02. The smallest absolute Gasteiger partial charge is 0.233 e. The molecular formula is C19H23N3O3. The van der Waals surface area contributed by atoms with Gasteiger partial charge < -0.3 is 14.1 Å².